The maximum absolute atomic E-state index is 12.7. The first kappa shape index (κ1) is 21.9. The number of benzene rings is 2. The van der Waals surface area contributed by atoms with Gasteiger partial charge in [-0.3, -0.25) is 19.7 Å². The van der Waals surface area contributed by atoms with E-state index in [9.17, 15) is 14.4 Å². The van der Waals surface area contributed by atoms with E-state index in [-0.39, 0.29) is 23.7 Å². The molecule has 0 radical (unpaired) electrons. The molecule has 2 N–H and O–H groups in total. The molecule has 0 unspecified atom stereocenters. The van der Waals surface area contributed by atoms with Gasteiger partial charge >= 0.3 is 0 Å². The third-order valence-electron chi connectivity index (χ3n) is 4.51. The Labute approximate surface area is 180 Å². The molecule has 1 atom stereocenters. The van der Waals surface area contributed by atoms with Crippen LogP contribution in [0.25, 0.3) is 0 Å². The van der Waals surface area contributed by atoms with Crippen molar-refractivity contribution in [3.63, 3.8) is 0 Å². The fraction of sp³-hybridized carbons (Fsp3) is 0.261. The number of amides is 3. The van der Waals surface area contributed by atoms with Crippen LogP contribution in [-0.2, 0) is 14.4 Å². The number of carbonyl (C=O) groups excluding carboxylic acids is 3. The minimum Gasteiger partial charge on any atom is -0.494 e. The summed E-state index contributed by atoms with van der Waals surface area (Å²) >= 11 is 0. The molecule has 0 fully saturated rings. The molecule has 0 aromatic heterocycles. The lowest BCUT2D eigenvalue weighted by Gasteiger charge is -2.21. The Kier molecular flexibility index (Phi) is 7.26. The van der Waals surface area contributed by atoms with Crippen molar-refractivity contribution in [3.8, 4) is 5.75 Å². The minimum absolute atomic E-state index is 0.0168. The molecule has 1 heterocycles. The van der Waals surface area contributed by atoms with Gasteiger partial charge < -0.3 is 10.1 Å². The summed E-state index contributed by atoms with van der Waals surface area (Å²) in [5, 5.41) is 5.19. The average Bonchev–Trinajstić information content (AvgIpc) is 2.73. The van der Waals surface area contributed by atoms with Crippen LogP contribution in [0.15, 0.2) is 64.6 Å². The Morgan fingerprint density at radius 1 is 0.935 bits per heavy atom. The number of aliphatic imine (C=N–C) groups is 2. The quantitative estimate of drug-likeness (QED) is 0.671. The number of hydrogen-bond donors (Lipinski definition) is 2. The van der Waals surface area contributed by atoms with E-state index in [1.165, 1.54) is 13.8 Å². The molecular weight excluding hydrogens is 396 g/mol. The number of nitrogens with zero attached hydrogens (tertiary/aromatic N) is 2. The maximum atomic E-state index is 12.7. The second kappa shape index (κ2) is 10.3. The number of hydrogen-bond acceptors (Lipinski definition) is 5. The Bertz CT molecular complexity index is 1010. The van der Waals surface area contributed by atoms with E-state index in [0.29, 0.717) is 36.6 Å². The smallest absolute Gasteiger partial charge is 0.258 e. The van der Waals surface area contributed by atoms with Crippen molar-refractivity contribution in [2.75, 3.05) is 11.9 Å². The standard InChI is InChI=1S/C23H24N4O4/c1-15(28)24-18-10-12-19(13-11-18)31-14-6-9-20-21(17-7-4-3-5-8-17)26-23(25-16(2)29)27-22(20)30/h3-5,7-8,10-13,20H,6,9,14H2,1-2H3,(H,24,28)(H,25,27,29,30)/t20-/m1/s1. The highest BCUT2D eigenvalue weighted by atomic mass is 16.5. The summed E-state index contributed by atoms with van der Waals surface area (Å²) < 4.78 is 5.75. The van der Waals surface area contributed by atoms with Gasteiger partial charge in [-0.05, 0) is 42.7 Å². The highest BCUT2D eigenvalue weighted by Crippen LogP contribution is 2.22. The number of ether oxygens (including phenoxy) is 1. The van der Waals surface area contributed by atoms with Crippen molar-refractivity contribution in [1.29, 1.82) is 0 Å². The second-order valence-corrected chi connectivity index (χ2v) is 7.07. The van der Waals surface area contributed by atoms with Gasteiger partial charge in [0.05, 0.1) is 18.2 Å². The topological polar surface area (TPSA) is 109 Å². The van der Waals surface area contributed by atoms with E-state index < -0.39 is 5.92 Å². The largest absolute Gasteiger partial charge is 0.494 e. The zero-order chi connectivity index (χ0) is 22.2. The van der Waals surface area contributed by atoms with Crippen LogP contribution in [-0.4, -0.2) is 36.0 Å². The van der Waals surface area contributed by atoms with Crippen LogP contribution in [0.1, 0.15) is 32.3 Å². The van der Waals surface area contributed by atoms with Crippen molar-refractivity contribution in [3.05, 3.63) is 60.2 Å². The highest BCUT2D eigenvalue weighted by Gasteiger charge is 2.29. The molecule has 160 valence electrons. The highest BCUT2D eigenvalue weighted by molar-refractivity contribution is 6.22. The Morgan fingerprint density at radius 2 is 1.61 bits per heavy atom. The van der Waals surface area contributed by atoms with E-state index in [4.69, 9.17) is 4.74 Å². The Balaban J connectivity index is 1.62. The predicted molar refractivity (Wildman–Crippen MR) is 118 cm³/mol. The molecule has 0 aliphatic carbocycles. The molecule has 2 aromatic carbocycles. The van der Waals surface area contributed by atoms with Gasteiger partial charge in [-0.15, -0.1) is 0 Å². The van der Waals surface area contributed by atoms with Gasteiger partial charge in [0.25, 0.3) is 5.91 Å². The molecule has 31 heavy (non-hydrogen) atoms. The van der Waals surface area contributed by atoms with Crippen LogP contribution in [0.3, 0.4) is 0 Å². The van der Waals surface area contributed by atoms with Gasteiger partial charge in [0.2, 0.25) is 17.8 Å². The summed E-state index contributed by atoms with van der Waals surface area (Å²) in [6.07, 6.45) is 1.12. The Hall–Kier alpha value is -3.81. The van der Waals surface area contributed by atoms with E-state index >= 15 is 0 Å². The van der Waals surface area contributed by atoms with E-state index in [0.717, 1.165) is 5.56 Å². The van der Waals surface area contributed by atoms with Gasteiger partial charge in [0.1, 0.15) is 5.75 Å². The number of anilines is 1. The first-order valence-electron chi connectivity index (χ1n) is 9.97. The fourth-order valence-corrected chi connectivity index (χ4v) is 3.18. The normalized spacial score (nSPS) is 15.5. The number of guanidine groups is 1. The Morgan fingerprint density at radius 3 is 2.26 bits per heavy atom. The lowest BCUT2D eigenvalue weighted by molar-refractivity contribution is -0.120. The summed E-state index contributed by atoms with van der Waals surface area (Å²) in [5.41, 5.74) is 2.10. The van der Waals surface area contributed by atoms with Gasteiger partial charge in [0, 0.05) is 19.5 Å². The lowest BCUT2D eigenvalue weighted by Crippen LogP contribution is -2.36. The SMILES string of the molecule is CC(=O)NC1=NC(=O)[C@H](CCCOc2ccc(NC(C)=O)cc2)C(c2ccccc2)=N1. The molecule has 8 nitrogen and oxygen atoms in total. The third kappa shape index (κ3) is 6.33. The minimum atomic E-state index is -0.509. The van der Waals surface area contributed by atoms with Crippen molar-refractivity contribution in [1.82, 2.24) is 5.32 Å². The van der Waals surface area contributed by atoms with Gasteiger partial charge in [0.15, 0.2) is 0 Å². The van der Waals surface area contributed by atoms with E-state index in [1.807, 2.05) is 30.3 Å². The van der Waals surface area contributed by atoms with E-state index in [1.54, 1.807) is 24.3 Å². The van der Waals surface area contributed by atoms with Crippen LogP contribution in [0.5, 0.6) is 5.75 Å². The predicted octanol–water partition coefficient (Wildman–Crippen LogP) is 2.94. The monoisotopic (exact) mass is 420 g/mol. The zero-order valence-corrected chi connectivity index (χ0v) is 17.4. The van der Waals surface area contributed by atoms with Crippen molar-refractivity contribution in [2.45, 2.75) is 26.7 Å². The van der Waals surface area contributed by atoms with Crippen molar-refractivity contribution >= 4 is 35.1 Å². The number of nitrogens with one attached hydrogen (secondary N) is 2. The van der Waals surface area contributed by atoms with Crippen LogP contribution in [0.2, 0.25) is 0 Å². The number of carbonyl (C=O) groups is 3. The maximum Gasteiger partial charge on any atom is 0.258 e. The molecule has 1 aliphatic rings. The van der Waals surface area contributed by atoms with Crippen molar-refractivity contribution in [2.24, 2.45) is 15.9 Å². The number of rotatable bonds is 7. The lowest BCUT2D eigenvalue weighted by atomic mass is 9.91. The summed E-state index contributed by atoms with van der Waals surface area (Å²) in [7, 11) is 0. The van der Waals surface area contributed by atoms with Crippen LogP contribution >= 0.6 is 0 Å². The molecular formula is C23H24N4O4. The molecule has 8 heteroatoms. The second-order valence-electron chi connectivity index (χ2n) is 7.07. The molecule has 3 amide bonds. The van der Waals surface area contributed by atoms with Gasteiger partial charge in [-0.25, -0.2) is 4.99 Å². The van der Waals surface area contributed by atoms with Crippen LogP contribution < -0.4 is 15.4 Å². The molecule has 2 aromatic rings. The van der Waals surface area contributed by atoms with Crippen molar-refractivity contribution < 1.29 is 19.1 Å². The molecule has 3 rings (SSSR count). The molecule has 0 saturated heterocycles. The van der Waals surface area contributed by atoms with Crippen LogP contribution in [0.4, 0.5) is 5.69 Å². The first-order chi connectivity index (χ1) is 14.9. The fourth-order valence-electron chi connectivity index (χ4n) is 3.18. The van der Waals surface area contributed by atoms with E-state index in [2.05, 4.69) is 20.6 Å². The molecule has 0 spiro atoms. The molecule has 0 bridgehead atoms. The summed E-state index contributed by atoms with van der Waals surface area (Å²) in [5.74, 6) is -0.622. The average molecular weight is 420 g/mol. The van der Waals surface area contributed by atoms with Crippen LogP contribution in [0, 0.1) is 5.92 Å². The third-order valence-corrected chi connectivity index (χ3v) is 4.51. The van der Waals surface area contributed by atoms with Gasteiger partial charge in [-0.2, -0.15) is 4.99 Å². The molecule has 1 aliphatic heterocycles. The summed E-state index contributed by atoms with van der Waals surface area (Å²) in [6.45, 7) is 3.21. The summed E-state index contributed by atoms with van der Waals surface area (Å²) in [6, 6.07) is 16.5. The zero-order valence-electron chi connectivity index (χ0n) is 17.4. The molecule has 0 saturated carbocycles. The summed E-state index contributed by atoms with van der Waals surface area (Å²) in [4.78, 5) is 43.5. The first-order valence-corrected chi connectivity index (χ1v) is 9.97. The van der Waals surface area contributed by atoms with Gasteiger partial charge in [-0.1, -0.05) is 30.3 Å².